The van der Waals surface area contributed by atoms with Crippen LogP contribution in [0.1, 0.15) is 0 Å². The molecule has 0 N–H and O–H groups in total. The molecule has 4 rings (SSSR count). The second-order valence-electron chi connectivity index (χ2n) is 6.29. The second kappa shape index (κ2) is 7.75. The molecule has 0 aliphatic heterocycles. The van der Waals surface area contributed by atoms with Gasteiger partial charge in [-0.15, -0.1) is 75.1 Å². The average Bonchev–Trinajstić information content (AvgIpc) is 3.12. The summed E-state index contributed by atoms with van der Waals surface area (Å²) in [5, 5.41) is 8.69. The molecule has 4 aromatic rings. The van der Waals surface area contributed by atoms with E-state index in [0.717, 1.165) is 0 Å². The molecule has 2 heteroatoms. The van der Waals surface area contributed by atoms with Crippen LogP contribution >= 0.6 is 0 Å². The molecule has 0 unspecified atom stereocenters. The van der Waals surface area contributed by atoms with E-state index in [1.807, 2.05) is 0 Å². The molecule has 0 atom stereocenters. The Morgan fingerprint density at radius 3 is 2.17 bits per heavy atom. The second-order valence-corrected chi connectivity index (χ2v) is 10.6. The molecule has 0 spiro atoms. The zero-order valence-corrected chi connectivity index (χ0v) is 19.5. The van der Waals surface area contributed by atoms with Crippen molar-refractivity contribution in [2.75, 3.05) is 0 Å². The summed E-state index contributed by atoms with van der Waals surface area (Å²) in [5.41, 5.74) is 0. The van der Waals surface area contributed by atoms with Gasteiger partial charge in [0.25, 0.3) is 0 Å². The first-order valence-electron chi connectivity index (χ1n) is 7.48. The average molecular weight is 495 g/mol. The van der Waals surface area contributed by atoms with Crippen molar-refractivity contribution in [3.63, 3.8) is 0 Å². The molecular formula is C22H24HfSi. The fourth-order valence-corrected chi connectivity index (χ4v) is 6.63. The molecule has 0 saturated carbocycles. The first kappa shape index (κ1) is 20.8. The van der Waals surface area contributed by atoms with E-state index in [1.165, 1.54) is 21.5 Å². The largest absolute Gasteiger partial charge is 4.00 e. The van der Waals surface area contributed by atoms with Crippen molar-refractivity contribution in [1.82, 2.24) is 0 Å². The van der Waals surface area contributed by atoms with Crippen LogP contribution in [0.5, 0.6) is 0 Å². The maximum Gasteiger partial charge on any atom is 4.00 e. The molecule has 0 nitrogen and oxygen atoms in total. The van der Waals surface area contributed by atoms with Gasteiger partial charge in [0.15, 0.2) is 0 Å². The Kier molecular flexibility index (Phi) is 6.72. The van der Waals surface area contributed by atoms with E-state index in [9.17, 15) is 0 Å². The van der Waals surface area contributed by atoms with Crippen LogP contribution < -0.4 is 10.4 Å². The monoisotopic (exact) mass is 496 g/mol. The van der Waals surface area contributed by atoms with Crippen LogP contribution in [0.25, 0.3) is 21.5 Å². The number of benzene rings is 2. The van der Waals surface area contributed by atoms with E-state index in [2.05, 4.69) is 85.9 Å². The van der Waals surface area contributed by atoms with Crippen molar-refractivity contribution in [3.8, 4) is 0 Å². The zero-order chi connectivity index (χ0) is 14.4. The van der Waals surface area contributed by atoms with Gasteiger partial charge in [-0.25, -0.2) is 0 Å². The predicted molar refractivity (Wildman–Crippen MR) is 109 cm³/mol. The van der Waals surface area contributed by atoms with Crippen LogP contribution in [0.2, 0.25) is 13.1 Å². The molecule has 0 aromatic heterocycles. The predicted octanol–water partition coefficient (Wildman–Crippen LogP) is 5.15. The molecule has 0 fully saturated rings. The van der Waals surface area contributed by atoms with Crippen molar-refractivity contribution in [2.45, 2.75) is 13.1 Å². The Balaban J connectivity index is 0.000000960. The summed E-state index contributed by atoms with van der Waals surface area (Å²) < 4.78 is 0. The standard InChI is InChI=1S/C20H18Si.2CH3.Hf/c1-21(2,19-13-11-15-7-3-5-9-17(15)19)20-14-12-16-8-4-6-10-18(16)20;;;/h3-14H,1-2H3;2*1H3;/q-2;2*-1;+4. The summed E-state index contributed by atoms with van der Waals surface area (Å²) in [6, 6.07) is 26.7. The van der Waals surface area contributed by atoms with Crippen molar-refractivity contribution < 1.29 is 25.8 Å². The molecule has 0 amide bonds. The summed E-state index contributed by atoms with van der Waals surface area (Å²) in [6.45, 7) is 4.94. The van der Waals surface area contributed by atoms with Crippen LogP contribution in [0.15, 0.2) is 72.8 Å². The smallest absolute Gasteiger partial charge is 0.358 e. The topological polar surface area (TPSA) is 0 Å². The Labute approximate surface area is 166 Å². The molecule has 0 bridgehead atoms. The van der Waals surface area contributed by atoms with Crippen LogP contribution in [-0.4, -0.2) is 8.07 Å². The summed E-state index contributed by atoms with van der Waals surface area (Å²) in [4.78, 5) is 0. The molecule has 24 heavy (non-hydrogen) atoms. The molecule has 0 saturated heterocycles. The van der Waals surface area contributed by atoms with Gasteiger partial charge in [0.2, 0.25) is 0 Å². The molecule has 0 radical (unpaired) electrons. The fourth-order valence-electron chi connectivity index (χ4n) is 3.54. The van der Waals surface area contributed by atoms with E-state index in [0.29, 0.717) is 0 Å². The van der Waals surface area contributed by atoms with Gasteiger partial charge in [0.05, 0.1) is 0 Å². The van der Waals surface area contributed by atoms with Gasteiger partial charge in [0, 0.05) is 8.07 Å². The number of hydrogen-bond donors (Lipinski definition) is 0. The summed E-state index contributed by atoms with van der Waals surface area (Å²) in [6.07, 6.45) is 0. The van der Waals surface area contributed by atoms with Crippen molar-refractivity contribution in [2.24, 2.45) is 0 Å². The molecule has 0 aliphatic carbocycles. The van der Waals surface area contributed by atoms with Gasteiger partial charge < -0.3 is 14.9 Å². The fraction of sp³-hybridized carbons (Fsp3) is 0.0909. The van der Waals surface area contributed by atoms with Gasteiger partial charge in [-0.3, -0.25) is 0 Å². The number of hydrogen-bond acceptors (Lipinski definition) is 0. The molecule has 4 aromatic carbocycles. The van der Waals surface area contributed by atoms with Crippen LogP contribution in [0, 0.1) is 14.9 Å². The van der Waals surface area contributed by atoms with Gasteiger partial charge in [-0.05, 0) is 0 Å². The molecule has 0 aliphatic rings. The van der Waals surface area contributed by atoms with E-state index in [4.69, 9.17) is 0 Å². The number of rotatable bonds is 2. The normalized spacial score (nSPS) is 10.8. The third kappa shape index (κ3) is 3.14. The summed E-state index contributed by atoms with van der Waals surface area (Å²) in [7, 11) is -1.68. The summed E-state index contributed by atoms with van der Waals surface area (Å²) in [5.74, 6) is 0. The minimum atomic E-state index is -1.68. The first-order valence-corrected chi connectivity index (χ1v) is 10.5. The van der Waals surface area contributed by atoms with Gasteiger partial charge in [-0.1, -0.05) is 24.5 Å². The number of fused-ring (bicyclic) bond motifs is 2. The van der Waals surface area contributed by atoms with Crippen LogP contribution in [0.4, 0.5) is 0 Å². The maximum atomic E-state index is 2.47. The minimum Gasteiger partial charge on any atom is -0.358 e. The maximum absolute atomic E-state index is 2.47. The first-order chi connectivity index (χ1) is 10.2. The van der Waals surface area contributed by atoms with Crippen molar-refractivity contribution >= 4 is 40.0 Å². The molecule has 0 heterocycles. The molecular weight excluding hydrogens is 471 g/mol. The Morgan fingerprint density at radius 2 is 1.38 bits per heavy atom. The third-order valence-electron chi connectivity index (χ3n) is 4.71. The van der Waals surface area contributed by atoms with E-state index in [-0.39, 0.29) is 40.7 Å². The SMILES string of the molecule is C[Si](C)(c1cc[c-]2ccccc12)[c-]1ccc2ccccc21.[CH3-].[CH3-].[Hf+4]. The minimum absolute atomic E-state index is 0. The van der Waals surface area contributed by atoms with Crippen LogP contribution in [0.3, 0.4) is 0 Å². The Bertz CT molecular complexity index is 851. The van der Waals surface area contributed by atoms with E-state index in [1.54, 1.807) is 10.4 Å². The van der Waals surface area contributed by atoms with E-state index >= 15 is 0 Å². The van der Waals surface area contributed by atoms with Crippen molar-refractivity contribution in [3.05, 3.63) is 87.6 Å². The van der Waals surface area contributed by atoms with E-state index < -0.39 is 8.07 Å². The quantitative estimate of drug-likeness (QED) is 0.267. The van der Waals surface area contributed by atoms with Gasteiger partial charge in [0.1, 0.15) is 0 Å². The third-order valence-corrected chi connectivity index (χ3v) is 8.27. The Morgan fingerprint density at radius 1 is 0.708 bits per heavy atom. The molecule has 120 valence electrons. The van der Waals surface area contributed by atoms with Crippen molar-refractivity contribution in [1.29, 1.82) is 0 Å². The zero-order valence-electron chi connectivity index (χ0n) is 14.9. The van der Waals surface area contributed by atoms with Crippen LogP contribution in [-0.2, 0) is 25.8 Å². The Hall–Kier alpha value is -1.25. The van der Waals surface area contributed by atoms with Gasteiger partial charge in [-0.2, -0.15) is 18.2 Å². The van der Waals surface area contributed by atoms with Gasteiger partial charge >= 0.3 is 25.8 Å². The summed E-state index contributed by atoms with van der Waals surface area (Å²) >= 11 is 0.